The third-order valence-corrected chi connectivity index (χ3v) is 6.08. The van der Waals surface area contributed by atoms with Crippen molar-refractivity contribution in [3.05, 3.63) is 47.5 Å². The number of carbonyl (C=O) groups is 2. The van der Waals surface area contributed by atoms with Crippen molar-refractivity contribution >= 4 is 29.1 Å². The number of nitrogens with zero attached hydrogens (tertiary/aromatic N) is 4. The molecule has 2 aromatic rings. The minimum Gasteiger partial charge on any atom is -0.365 e. The van der Waals surface area contributed by atoms with Crippen molar-refractivity contribution in [1.29, 1.82) is 0 Å². The fourth-order valence-corrected chi connectivity index (χ4v) is 4.09. The van der Waals surface area contributed by atoms with E-state index >= 15 is 0 Å². The minimum absolute atomic E-state index is 0.0424. The zero-order chi connectivity index (χ0) is 22.0. The van der Waals surface area contributed by atoms with Crippen molar-refractivity contribution in [3.8, 4) is 0 Å². The number of amides is 2. The first kappa shape index (κ1) is 21.1. The molecule has 0 bridgehead atoms. The number of aromatic nitrogens is 1. The maximum Gasteiger partial charge on any atom is 0.253 e. The summed E-state index contributed by atoms with van der Waals surface area (Å²) in [6, 6.07) is 10.8. The van der Waals surface area contributed by atoms with Crippen LogP contribution < -0.4 is 16.0 Å². The molecule has 2 amide bonds. The molecule has 2 fully saturated rings. The van der Waals surface area contributed by atoms with Crippen LogP contribution in [0.2, 0.25) is 0 Å². The van der Waals surface area contributed by atoms with Gasteiger partial charge in [0.25, 0.3) is 11.8 Å². The monoisotopic (exact) mass is 422 g/mol. The van der Waals surface area contributed by atoms with E-state index in [-0.39, 0.29) is 5.91 Å². The molecule has 3 N–H and O–H groups in total. The fourth-order valence-electron chi connectivity index (χ4n) is 4.09. The lowest BCUT2D eigenvalue weighted by molar-refractivity contribution is 0.0664. The number of hydrogen-bond donors (Lipinski definition) is 2. The number of likely N-dealkylation sites (N-methyl/N-ethyl adjacent to an activating group) is 1. The van der Waals surface area contributed by atoms with Gasteiger partial charge < -0.3 is 25.8 Å². The van der Waals surface area contributed by atoms with E-state index in [1.165, 1.54) is 0 Å². The lowest BCUT2D eigenvalue weighted by atomic mass is 10.1. The summed E-state index contributed by atoms with van der Waals surface area (Å²) in [7, 11) is 2.07. The van der Waals surface area contributed by atoms with Gasteiger partial charge in [-0.15, -0.1) is 0 Å². The molecule has 0 saturated carbocycles. The number of nitrogens with one attached hydrogen (secondary N) is 1. The van der Waals surface area contributed by atoms with Crippen molar-refractivity contribution in [2.75, 3.05) is 56.5 Å². The standard InChI is InChI=1S/C23H30N6O2/c1-16-9-10-29(15-16)20-8-7-19(21(24)30)22(26-20)25-18-5-3-17(4-6-18)23(31)28-13-11-27(2)12-14-28/h3-8,16H,9-15H2,1-2H3,(H2,24,30)(H,25,26)/t16-/m0/s1. The molecule has 4 rings (SSSR count). The molecular formula is C23H30N6O2. The fraction of sp³-hybridized carbons (Fsp3) is 0.435. The topological polar surface area (TPSA) is 94.8 Å². The number of anilines is 3. The summed E-state index contributed by atoms with van der Waals surface area (Å²) in [5.41, 5.74) is 7.30. The molecule has 164 valence electrons. The van der Waals surface area contributed by atoms with Crippen LogP contribution in [0, 0.1) is 5.92 Å². The van der Waals surface area contributed by atoms with E-state index in [4.69, 9.17) is 5.73 Å². The second-order valence-electron chi connectivity index (χ2n) is 8.57. The molecule has 0 unspecified atom stereocenters. The molecular weight excluding hydrogens is 392 g/mol. The Balaban J connectivity index is 1.50. The van der Waals surface area contributed by atoms with Crippen molar-refractivity contribution in [2.24, 2.45) is 11.7 Å². The number of rotatable bonds is 5. The highest BCUT2D eigenvalue weighted by Crippen LogP contribution is 2.27. The molecule has 31 heavy (non-hydrogen) atoms. The molecule has 2 saturated heterocycles. The smallest absolute Gasteiger partial charge is 0.253 e. The summed E-state index contributed by atoms with van der Waals surface area (Å²) in [5.74, 6) is 1.40. The Bertz CT molecular complexity index is 953. The maximum atomic E-state index is 12.7. The molecule has 3 heterocycles. The largest absolute Gasteiger partial charge is 0.365 e. The van der Waals surface area contributed by atoms with Crippen molar-refractivity contribution in [2.45, 2.75) is 13.3 Å². The van der Waals surface area contributed by atoms with Gasteiger partial charge in [0.1, 0.15) is 11.6 Å². The third kappa shape index (κ3) is 4.80. The average Bonchev–Trinajstić information content (AvgIpc) is 3.20. The van der Waals surface area contributed by atoms with Crippen LogP contribution in [-0.4, -0.2) is 72.9 Å². The van der Waals surface area contributed by atoms with E-state index in [2.05, 4.69) is 34.1 Å². The van der Waals surface area contributed by atoms with Crippen LogP contribution in [0.4, 0.5) is 17.3 Å². The summed E-state index contributed by atoms with van der Waals surface area (Å²) in [5, 5.41) is 3.21. The van der Waals surface area contributed by atoms with Gasteiger partial charge in [-0.1, -0.05) is 6.92 Å². The number of carbonyl (C=O) groups excluding carboxylic acids is 2. The first-order valence-corrected chi connectivity index (χ1v) is 10.8. The van der Waals surface area contributed by atoms with E-state index in [9.17, 15) is 9.59 Å². The van der Waals surface area contributed by atoms with Gasteiger partial charge in [-0.3, -0.25) is 9.59 Å². The normalized spacial score (nSPS) is 19.5. The molecule has 0 spiro atoms. The number of piperazine rings is 1. The van der Waals surface area contributed by atoms with Crippen molar-refractivity contribution < 1.29 is 9.59 Å². The molecule has 2 aliphatic rings. The Morgan fingerprint density at radius 1 is 1.03 bits per heavy atom. The van der Waals surface area contributed by atoms with Crippen LogP contribution in [0.3, 0.4) is 0 Å². The molecule has 1 aromatic heterocycles. The van der Waals surface area contributed by atoms with Crippen LogP contribution in [0.15, 0.2) is 36.4 Å². The summed E-state index contributed by atoms with van der Waals surface area (Å²) in [4.78, 5) is 35.7. The van der Waals surface area contributed by atoms with Gasteiger partial charge in [0.15, 0.2) is 0 Å². The summed E-state index contributed by atoms with van der Waals surface area (Å²) in [6.45, 7) is 7.38. The lowest BCUT2D eigenvalue weighted by Crippen LogP contribution is -2.47. The number of primary amides is 1. The molecule has 2 aliphatic heterocycles. The predicted octanol–water partition coefficient (Wildman–Crippen LogP) is 2.16. The quantitative estimate of drug-likeness (QED) is 0.767. The van der Waals surface area contributed by atoms with Crippen LogP contribution in [-0.2, 0) is 0 Å². The van der Waals surface area contributed by atoms with Gasteiger partial charge in [0.05, 0.1) is 5.56 Å². The number of benzene rings is 1. The lowest BCUT2D eigenvalue weighted by Gasteiger charge is -2.32. The Hall–Kier alpha value is -3.13. The van der Waals surface area contributed by atoms with E-state index < -0.39 is 5.91 Å². The second-order valence-corrected chi connectivity index (χ2v) is 8.57. The molecule has 0 radical (unpaired) electrons. The van der Waals surface area contributed by atoms with E-state index in [0.717, 1.165) is 57.2 Å². The highest BCUT2D eigenvalue weighted by Gasteiger charge is 2.22. The van der Waals surface area contributed by atoms with Crippen molar-refractivity contribution in [1.82, 2.24) is 14.8 Å². The van der Waals surface area contributed by atoms with Crippen LogP contribution >= 0.6 is 0 Å². The Labute approximate surface area is 183 Å². The molecule has 1 aromatic carbocycles. The Morgan fingerprint density at radius 2 is 1.74 bits per heavy atom. The predicted molar refractivity (Wildman–Crippen MR) is 122 cm³/mol. The number of hydrogen-bond acceptors (Lipinski definition) is 6. The second kappa shape index (κ2) is 8.93. The molecule has 0 aliphatic carbocycles. The van der Waals surface area contributed by atoms with Gasteiger partial charge in [-0.05, 0) is 55.8 Å². The summed E-state index contributed by atoms with van der Waals surface area (Å²) < 4.78 is 0. The summed E-state index contributed by atoms with van der Waals surface area (Å²) in [6.07, 6.45) is 1.13. The van der Waals surface area contributed by atoms with Crippen LogP contribution in [0.1, 0.15) is 34.1 Å². The SMILES string of the molecule is C[C@H]1CCN(c2ccc(C(N)=O)c(Nc3ccc(C(=O)N4CCN(C)CC4)cc3)n2)C1. The van der Waals surface area contributed by atoms with E-state index in [0.29, 0.717) is 22.9 Å². The number of nitrogens with two attached hydrogens (primary N) is 1. The van der Waals surface area contributed by atoms with E-state index in [1.807, 2.05) is 23.1 Å². The van der Waals surface area contributed by atoms with Crippen molar-refractivity contribution in [3.63, 3.8) is 0 Å². The molecule has 1 atom stereocenters. The Morgan fingerprint density at radius 3 is 2.35 bits per heavy atom. The van der Waals surface area contributed by atoms with Gasteiger partial charge in [-0.25, -0.2) is 4.98 Å². The average molecular weight is 423 g/mol. The maximum absolute atomic E-state index is 12.7. The highest BCUT2D eigenvalue weighted by molar-refractivity contribution is 5.99. The van der Waals surface area contributed by atoms with Gasteiger partial charge >= 0.3 is 0 Å². The summed E-state index contributed by atoms with van der Waals surface area (Å²) >= 11 is 0. The third-order valence-electron chi connectivity index (χ3n) is 6.08. The minimum atomic E-state index is -0.529. The first-order valence-electron chi connectivity index (χ1n) is 10.8. The van der Waals surface area contributed by atoms with Gasteiger partial charge in [0, 0.05) is 50.5 Å². The number of pyridine rings is 1. The zero-order valence-electron chi connectivity index (χ0n) is 18.2. The van der Waals surface area contributed by atoms with E-state index in [1.54, 1.807) is 18.2 Å². The van der Waals surface area contributed by atoms with Gasteiger partial charge in [0.2, 0.25) is 0 Å². The Kier molecular flexibility index (Phi) is 6.08. The zero-order valence-corrected chi connectivity index (χ0v) is 18.2. The highest BCUT2D eigenvalue weighted by atomic mass is 16.2. The molecule has 8 heteroatoms. The first-order chi connectivity index (χ1) is 14.9. The van der Waals surface area contributed by atoms with Gasteiger partial charge in [-0.2, -0.15) is 0 Å². The molecule has 8 nitrogen and oxygen atoms in total. The van der Waals surface area contributed by atoms with Crippen LogP contribution in [0.25, 0.3) is 0 Å². The van der Waals surface area contributed by atoms with Crippen LogP contribution in [0.5, 0.6) is 0 Å².